The molecule has 0 aromatic carbocycles. The van der Waals surface area contributed by atoms with Crippen LogP contribution in [0.25, 0.3) is 0 Å². The van der Waals surface area contributed by atoms with Crippen LogP contribution in [0.1, 0.15) is 28.9 Å². The number of carboxylic acids is 1. The van der Waals surface area contributed by atoms with Crippen molar-refractivity contribution in [3.05, 3.63) is 29.6 Å². The van der Waals surface area contributed by atoms with Crippen molar-refractivity contribution in [2.75, 3.05) is 13.2 Å². The fourth-order valence-corrected chi connectivity index (χ4v) is 1.96. The summed E-state index contributed by atoms with van der Waals surface area (Å²) in [6, 6.07) is 2.70. The zero-order valence-corrected chi connectivity index (χ0v) is 11.0. The second-order valence-corrected chi connectivity index (χ2v) is 4.55. The van der Waals surface area contributed by atoms with Gasteiger partial charge in [0.25, 0.3) is 0 Å². The number of carboxylic acid groups (broad SMARTS) is 1. The highest BCUT2D eigenvalue weighted by Crippen LogP contribution is 2.06. The standard InChI is InChI=1S/C13H17N3O4/c17-12(18)9-1-4-14-11(7-9)8-15-13(19)16-10-2-5-20-6-3-10/h1,4,7,10H,2-3,5-6,8H2,(H,17,18)(H2,15,16,19). The molecule has 7 nitrogen and oxygen atoms in total. The monoisotopic (exact) mass is 279 g/mol. The Kier molecular flexibility index (Phi) is 4.89. The third-order valence-electron chi connectivity index (χ3n) is 3.05. The minimum atomic E-state index is -1.01. The first-order chi connectivity index (χ1) is 9.65. The van der Waals surface area contributed by atoms with Gasteiger partial charge in [0.1, 0.15) is 0 Å². The summed E-state index contributed by atoms with van der Waals surface area (Å²) in [5.41, 5.74) is 0.661. The van der Waals surface area contributed by atoms with E-state index in [9.17, 15) is 9.59 Å². The van der Waals surface area contributed by atoms with Gasteiger partial charge >= 0.3 is 12.0 Å². The summed E-state index contributed by atoms with van der Waals surface area (Å²) < 4.78 is 5.21. The lowest BCUT2D eigenvalue weighted by Gasteiger charge is -2.23. The first-order valence-corrected chi connectivity index (χ1v) is 6.45. The SMILES string of the molecule is O=C(NCc1cc(C(=O)O)ccn1)NC1CCOCC1. The second kappa shape index (κ2) is 6.85. The van der Waals surface area contributed by atoms with E-state index in [0.717, 1.165) is 12.8 Å². The van der Waals surface area contributed by atoms with Gasteiger partial charge < -0.3 is 20.5 Å². The van der Waals surface area contributed by atoms with E-state index in [1.54, 1.807) is 0 Å². The molecule has 108 valence electrons. The molecule has 0 aliphatic carbocycles. The van der Waals surface area contributed by atoms with E-state index in [4.69, 9.17) is 9.84 Å². The number of hydrogen-bond acceptors (Lipinski definition) is 4. The van der Waals surface area contributed by atoms with Gasteiger partial charge in [-0.3, -0.25) is 4.98 Å². The topological polar surface area (TPSA) is 101 Å². The molecule has 7 heteroatoms. The van der Waals surface area contributed by atoms with Gasteiger partial charge in [0.15, 0.2) is 0 Å². The molecule has 0 spiro atoms. The summed E-state index contributed by atoms with van der Waals surface area (Å²) in [7, 11) is 0. The Bertz CT molecular complexity index is 486. The zero-order valence-electron chi connectivity index (χ0n) is 11.0. The zero-order chi connectivity index (χ0) is 14.4. The summed E-state index contributed by atoms with van der Waals surface area (Å²) in [5, 5.41) is 14.4. The number of pyridine rings is 1. The molecule has 1 aromatic rings. The molecule has 0 radical (unpaired) electrons. The number of aromatic nitrogens is 1. The summed E-state index contributed by atoms with van der Waals surface area (Å²) >= 11 is 0. The van der Waals surface area contributed by atoms with Gasteiger partial charge in [-0.15, -0.1) is 0 Å². The number of nitrogens with zero attached hydrogens (tertiary/aromatic N) is 1. The first-order valence-electron chi connectivity index (χ1n) is 6.45. The van der Waals surface area contributed by atoms with E-state index < -0.39 is 5.97 Å². The van der Waals surface area contributed by atoms with Crippen LogP contribution in [-0.2, 0) is 11.3 Å². The van der Waals surface area contributed by atoms with Crippen molar-refractivity contribution >= 4 is 12.0 Å². The Morgan fingerprint density at radius 2 is 2.15 bits per heavy atom. The van der Waals surface area contributed by atoms with Crippen molar-refractivity contribution in [3.8, 4) is 0 Å². The lowest BCUT2D eigenvalue weighted by Crippen LogP contribution is -2.44. The number of hydrogen-bond donors (Lipinski definition) is 3. The molecule has 1 saturated heterocycles. The van der Waals surface area contributed by atoms with Crippen LogP contribution in [0.4, 0.5) is 4.79 Å². The maximum atomic E-state index is 11.7. The lowest BCUT2D eigenvalue weighted by molar-refractivity contribution is 0.0696. The Balaban J connectivity index is 1.80. The average molecular weight is 279 g/mol. The number of rotatable bonds is 4. The number of carbonyl (C=O) groups is 2. The summed E-state index contributed by atoms with van der Waals surface area (Å²) in [5.74, 6) is -1.01. The average Bonchev–Trinajstić information content (AvgIpc) is 2.46. The van der Waals surface area contributed by atoms with E-state index in [1.165, 1.54) is 18.3 Å². The van der Waals surface area contributed by atoms with Gasteiger partial charge in [-0.1, -0.05) is 0 Å². The maximum absolute atomic E-state index is 11.7. The van der Waals surface area contributed by atoms with Crippen LogP contribution < -0.4 is 10.6 Å². The molecular weight excluding hydrogens is 262 g/mol. The van der Waals surface area contributed by atoms with Crippen molar-refractivity contribution in [3.63, 3.8) is 0 Å². The number of amides is 2. The molecule has 2 heterocycles. The van der Waals surface area contributed by atoms with Crippen LogP contribution in [-0.4, -0.2) is 41.3 Å². The van der Waals surface area contributed by atoms with Crippen LogP contribution >= 0.6 is 0 Å². The van der Waals surface area contributed by atoms with Crippen LogP contribution in [0.3, 0.4) is 0 Å². The Morgan fingerprint density at radius 3 is 2.85 bits per heavy atom. The largest absolute Gasteiger partial charge is 0.478 e. The van der Waals surface area contributed by atoms with Crippen LogP contribution in [0.15, 0.2) is 18.3 Å². The fourth-order valence-electron chi connectivity index (χ4n) is 1.96. The van der Waals surface area contributed by atoms with Crippen LogP contribution in [0, 0.1) is 0 Å². The molecule has 1 fully saturated rings. The molecule has 1 aliphatic rings. The molecule has 0 atom stereocenters. The van der Waals surface area contributed by atoms with Crippen molar-refractivity contribution in [2.45, 2.75) is 25.4 Å². The predicted molar refractivity (Wildman–Crippen MR) is 70.4 cm³/mol. The highest BCUT2D eigenvalue weighted by atomic mass is 16.5. The smallest absolute Gasteiger partial charge is 0.335 e. The number of aromatic carboxylic acids is 1. The van der Waals surface area contributed by atoms with Crippen molar-refractivity contribution in [1.82, 2.24) is 15.6 Å². The van der Waals surface area contributed by atoms with Gasteiger partial charge in [-0.05, 0) is 25.0 Å². The van der Waals surface area contributed by atoms with E-state index in [1.807, 2.05) is 0 Å². The highest BCUT2D eigenvalue weighted by Gasteiger charge is 2.15. The Hall–Kier alpha value is -2.15. The lowest BCUT2D eigenvalue weighted by atomic mass is 10.1. The molecule has 0 saturated carbocycles. The van der Waals surface area contributed by atoms with Gasteiger partial charge in [0, 0.05) is 25.5 Å². The second-order valence-electron chi connectivity index (χ2n) is 4.55. The number of nitrogens with one attached hydrogen (secondary N) is 2. The predicted octanol–water partition coefficient (Wildman–Crippen LogP) is 0.758. The van der Waals surface area contributed by atoms with Crippen molar-refractivity contribution in [2.24, 2.45) is 0 Å². The summed E-state index contributed by atoms with van der Waals surface area (Å²) in [6.45, 7) is 1.51. The van der Waals surface area contributed by atoms with Crippen LogP contribution in [0.2, 0.25) is 0 Å². The van der Waals surface area contributed by atoms with E-state index in [0.29, 0.717) is 18.9 Å². The molecule has 2 rings (SSSR count). The molecular formula is C13H17N3O4. The Labute approximate surface area is 116 Å². The highest BCUT2D eigenvalue weighted by molar-refractivity contribution is 5.87. The van der Waals surface area contributed by atoms with Crippen molar-refractivity contribution in [1.29, 1.82) is 0 Å². The molecule has 1 aliphatic heterocycles. The quantitative estimate of drug-likeness (QED) is 0.755. The molecule has 2 amide bonds. The van der Waals surface area contributed by atoms with Gasteiger partial charge in [0.2, 0.25) is 0 Å². The van der Waals surface area contributed by atoms with E-state index in [2.05, 4.69) is 15.6 Å². The van der Waals surface area contributed by atoms with Gasteiger partial charge in [0.05, 0.1) is 17.8 Å². The fraction of sp³-hybridized carbons (Fsp3) is 0.462. The normalized spacial score (nSPS) is 15.6. The van der Waals surface area contributed by atoms with E-state index in [-0.39, 0.29) is 24.2 Å². The molecule has 0 unspecified atom stereocenters. The van der Waals surface area contributed by atoms with Crippen LogP contribution in [0.5, 0.6) is 0 Å². The van der Waals surface area contributed by atoms with Gasteiger partial charge in [-0.2, -0.15) is 0 Å². The third-order valence-corrected chi connectivity index (χ3v) is 3.05. The van der Waals surface area contributed by atoms with Gasteiger partial charge in [-0.25, -0.2) is 9.59 Å². The summed E-state index contributed by atoms with van der Waals surface area (Å²) in [4.78, 5) is 26.5. The number of carbonyl (C=O) groups excluding carboxylic acids is 1. The third kappa shape index (κ3) is 4.20. The molecule has 1 aromatic heterocycles. The Morgan fingerprint density at radius 1 is 1.40 bits per heavy atom. The minimum absolute atomic E-state index is 0.127. The number of urea groups is 1. The first kappa shape index (κ1) is 14.3. The maximum Gasteiger partial charge on any atom is 0.335 e. The summed E-state index contributed by atoms with van der Waals surface area (Å²) in [6.07, 6.45) is 3.02. The minimum Gasteiger partial charge on any atom is -0.478 e. The van der Waals surface area contributed by atoms with E-state index >= 15 is 0 Å². The van der Waals surface area contributed by atoms with Crippen molar-refractivity contribution < 1.29 is 19.4 Å². The molecule has 0 bridgehead atoms. The molecule has 3 N–H and O–H groups in total. The molecule has 20 heavy (non-hydrogen) atoms. The number of ether oxygens (including phenoxy) is 1.